The van der Waals surface area contributed by atoms with E-state index in [1.165, 1.54) is 6.42 Å². The van der Waals surface area contributed by atoms with Gasteiger partial charge >= 0.3 is 0 Å². The minimum absolute atomic E-state index is 0.0776. The summed E-state index contributed by atoms with van der Waals surface area (Å²) < 4.78 is 16.5. The third-order valence-electron chi connectivity index (χ3n) is 8.31. The smallest absolute Gasteiger partial charge is 0.220 e. The second kappa shape index (κ2) is 15.2. The van der Waals surface area contributed by atoms with Crippen molar-refractivity contribution >= 4 is 11.7 Å². The third-order valence-corrected chi connectivity index (χ3v) is 8.31. The minimum atomic E-state index is -0.883. The Labute approximate surface area is 244 Å². The van der Waals surface area contributed by atoms with Gasteiger partial charge in [0.25, 0.3) is 0 Å². The number of rotatable bonds is 14. The van der Waals surface area contributed by atoms with E-state index in [9.17, 15) is 14.7 Å². The number of carbonyl (C=O) groups excluding carboxylic acids is 2. The largest absolute Gasteiger partial charge is 0.497 e. The van der Waals surface area contributed by atoms with Crippen LogP contribution in [0.25, 0.3) is 0 Å². The molecular weight excluding hydrogens is 520 g/mol. The Morgan fingerprint density at radius 2 is 1.76 bits per heavy atom. The Kier molecular flexibility index (Phi) is 11.5. The van der Waals surface area contributed by atoms with E-state index in [1.807, 2.05) is 18.2 Å². The Morgan fingerprint density at radius 1 is 1.02 bits per heavy atom. The van der Waals surface area contributed by atoms with Crippen LogP contribution in [0.2, 0.25) is 0 Å². The van der Waals surface area contributed by atoms with Crippen LogP contribution in [0.15, 0.2) is 42.5 Å². The van der Waals surface area contributed by atoms with E-state index in [4.69, 9.17) is 14.2 Å². The molecule has 8 heteroatoms. The molecule has 41 heavy (non-hydrogen) atoms. The summed E-state index contributed by atoms with van der Waals surface area (Å²) in [5, 5.41) is 14.7. The van der Waals surface area contributed by atoms with Gasteiger partial charge in [0, 0.05) is 37.5 Å². The Balaban J connectivity index is 1.33. The molecule has 2 aromatic rings. The fraction of sp³-hybridized carbons (Fsp3) is 0.576. The number of nitrogens with one attached hydrogen (secondary N) is 1. The summed E-state index contributed by atoms with van der Waals surface area (Å²) in [4.78, 5) is 28.0. The number of piperidine rings is 1. The van der Waals surface area contributed by atoms with Crippen LogP contribution in [0, 0.1) is 5.92 Å². The fourth-order valence-corrected chi connectivity index (χ4v) is 5.89. The zero-order valence-corrected chi connectivity index (χ0v) is 24.8. The zero-order chi connectivity index (χ0) is 29.2. The van der Waals surface area contributed by atoms with E-state index in [1.54, 1.807) is 31.4 Å². The number of likely N-dealkylation sites (tertiary alicyclic amines) is 1. The maximum absolute atomic E-state index is 13.1. The Morgan fingerprint density at radius 3 is 2.49 bits per heavy atom. The topological polar surface area (TPSA) is 97.3 Å². The maximum Gasteiger partial charge on any atom is 0.220 e. The van der Waals surface area contributed by atoms with Crippen molar-refractivity contribution in [3.05, 3.63) is 53.6 Å². The van der Waals surface area contributed by atoms with Gasteiger partial charge < -0.3 is 24.6 Å². The summed E-state index contributed by atoms with van der Waals surface area (Å²) in [5.74, 6) is 2.63. The van der Waals surface area contributed by atoms with E-state index in [0.29, 0.717) is 73.6 Å². The number of nitrogens with zero attached hydrogens (tertiary/aromatic N) is 1. The SMILES string of the molecule is CC[C@@H]1CC[C@H](C)CN1C[C@@H](NC(=O)CCCCCC(=O)c1ccc(OC)cc1)[C@H](O)c1ccc2c(c1)OCCO2. The third kappa shape index (κ3) is 8.69. The molecule has 0 saturated carbocycles. The molecule has 2 aliphatic heterocycles. The lowest BCUT2D eigenvalue weighted by atomic mass is 9.91. The van der Waals surface area contributed by atoms with Crippen molar-refractivity contribution < 1.29 is 28.9 Å². The van der Waals surface area contributed by atoms with Crippen LogP contribution in [0.4, 0.5) is 0 Å². The number of Topliss-reactive ketones (excluding diaryl/α,β-unsaturated/α-hetero) is 1. The van der Waals surface area contributed by atoms with Gasteiger partial charge in [-0.15, -0.1) is 0 Å². The molecule has 0 unspecified atom stereocenters. The summed E-state index contributed by atoms with van der Waals surface area (Å²) in [6.45, 7) is 7.00. The summed E-state index contributed by atoms with van der Waals surface area (Å²) >= 11 is 0. The van der Waals surface area contributed by atoms with Crippen LogP contribution < -0.4 is 19.5 Å². The molecule has 4 atom stereocenters. The molecule has 1 saturated heterocycles. The Bertz CT molecular complexity index is 1140. The molecule has 0 bridgehead atoms. The summed E-state index contributed by atoms with van der Waals surface area (Å²) in [5.41, 5.74) is 1.38. The van der Waals surface area contributed by atoms with E-state index in [2.05, 4.69) is 24.1 Å². The van der Waals surface area contributed by atoms with Crippen LogP contribution >= 0.6 is 0 Å². The van der Waals surface area contributed by atoms with Crippen molar-refractivity contribution in [2.75, 3.05) is 33.4 Å². The number of ketones is 1. The molecule has 0 aliphatic carbocycles. The van der Waals surface area contributed by atoms with Gasteiger partial charge in [0.05, 0.1) is 13.2 Å². The van der Waals surface area contributed by atoms with E-state index in [0.717, 1.165) is 38.0 Å². The lowest BCUT2D eigenvalue weighted by Crippen LogP contribution is -2.52. The normalized spacial score (nSPS) is 20.2. The molecule has 4 rings (SSSR count). The van der Waals surface area contributed by atoms with Gasteiger partial charge in [-0.2, -0.15) is 0 Å². The molecule has 0 radical (unpaired) electrons. The molecule has 8 nitrogen and oxygen atoms in total. The summed E-state index contributed by atoms with van der Waals surface area (Å²) in [6, 6.07) is 12.7. The van der Waals surface area contributed by atoms with Crippen LogP contribution in [-0.2, 0) is 4.79 Å². The molecule has 2 heterocycles. The minimum Gasteiger partial charge on any atom is -0.497 e. The molecule has 2 N–H and O–H groups in total. The van der Waals surface area contributed by atoms with E-state index in [-0.39, 0.29) is 11.7 Å². The number of amides is 1. The number of aliphatic hydroxyl groups excluding tert-OH is 1. The highest BCUT2D eigenvalue weighted by molar-refractivity contribution is 5.96. The standard InChI is InChI=1S/C33H46N2O6/c1-4-26-14-10-23(2)21-35(26)22-28(33(38)25-13-17-30-31(20-25)41-19-18-40-30)34-32(37)9-7-5-6-8-29(36)24-11-15-27(39-3)16-12-24/h11-13,15-17,20,23,26,28,33,38H,4-10,14,18-19,21-22H2,1-3H3,(H,34,37)/t23-,26+,28+,33+/m0/s1. The van der Waals surface area contributed by atoms with Crippen molar-refractivity contribution in [1.29, 1.82) is 0 Å². The van der Waals surface area contributed by atoms with Crippen LogP contribution in [-0.4, -0.2) is 67.2 Å². The molecular formula is C33H46N2O6. The first-order valence-electron chi connectivity index (χ1n) is 15.2. The van der Waals surface area contributed by atoms with Crippen molar-refractivity contribution in [2.45, 2.75) is 83.4 Å². The summed E-state index contributed by atoms with van der Waals surface area (Å²) in [7, 11) is 1.60. The van der Waals surface area contributed by atoms with Gasteiger partial charge in [-0.05, 0) is 80.0 Å². The number of carbonyl (C=O) groups is 2. The van der Waals surface area contributed by atoms with Crippen molar-refractivity contribution in [1.82, 2.24) is 10.2 Å². The Hall–Kier alpha value is -3.10. The first kappa shape index (κ1) is 30.8. The second-order valence-corrected chi connectivity index (χ2v) is 11.4. The van der Waals surface area contributed by atoms with Gasteiger partial charge in [-0.25, -0.2) is 0 Å². The van der Waals surface area contributed by atoms with E-state index < -0.39 is 12.1 Å². The molecule has 2 aromatic carbocycles. The zero-order valence-electron chi connectivity index (χ0n) is 24.8. The molecule has 0 aromatic heterocycles. The first-order valence-corrected chi connectivity index (χ1v) is 15.2. The number of benzene rings is 2. The van der Waals surface area contributed by atoms with Crippen molar-refractivity contribution in [3.8, 4) is 17.2 Å². The van der Waals surface area contributed by atoms with Crippen molar-refractivity contribution in [3.63, 3.8) is 0 Å². The molecule has 2 aliphatic rings. The fourth-order valence-electron chi connectivity index (χ4n) is 5.89. The molecule has 0 spiro atoms. The predicted molar refractivity (Wildman–Crippen MR) is 159 cm³/mol. The maximum atomic E-state index is 13.1. The predicted octanol–water partition coefficient (Wildman–Crippen LogP) is 5.33. The number of hydrogen-bond acceptors (Lipinski definition) is 7. The number of methoxy groups -OCH3 is 1. The average Bonchev–Trinajstić information content (AvgIpc) is 3.00. The highest BCUT2D eigenvalue weighted by Gasteiger charge is 2.31. The number of aliphatic hydroxyl groups is 1. The first-order chi connectivity index (χ1) is 19.9. The van der Waals surface area contributed by atoms with Crippen LogP contribution in [0.1, 0.15) is 87.2 Å². The van der Waals surface area contributed by atoms with Crippen LogP contribution in [0.3, 0.4) is 0 Å². The lowest BCUT2D eigenvalue weighted by Gasteiger charge is -2.41. The highest BCUT2D eigenvalue weighted by Crippen LogP contribution is 2.34. The van der Waals surface area contributed by atoms with Gasteiger partial charge in [0.2, 0.25) is 5.91 Å². The molecule has 1 fully saturated rings. The van der Waals surface area contributed by atoms with Gasteiger partial charge in [0.15, 0.2) is 17.3 Å². The van der Waals surface area contributed by atoms with Gasteiger partial charge in [-0.1, -0.05) is 26.3 Å². The number of ether oxygens (including phenoxy) is 3. The second-order valence-electron chi connectivity index (χ2n) is 11.4. The summed E-state index contributed by atoms with van der Waals surface area (Å²) in [6.07, 6.45) is 5.50. The number of fused-ring (bicyclic) bond motifs is 1. The molecule has 1 amide bonds. The highest BCUT2D eigenvalue weighted by atomic mass is 16.6. The van der Waals surface area contributed by atoms with Crippen LogP contribution in [0.5, 0.6) is 17.2 Å². The van der Waals surface area contributed by atoms with Crippen molar-refractivity contribution in [2.24, 2.45) is 5.92 Å². The molecule has 224 valence electrons. The van der Waals surface area contributed by atoms with Gasteiger partial charge in [-0.3, -0.25) is 14.5 Å². The number of hydrogen-bond donors (Lipinski definition) is 2. The quantitative estimate of drug-likeness (QED) is 0.236. The van der Waals surface area contributed by atoms with E-state index >= 15 is 0 Å². The monoisotopic (exact) mass is 566 g/mol. The van der Waals surface area contributed by atoms with Gasteiger partial charge in [0.1, 0.15) is 25.1 Å². The average molecular weight is 567 g/mol. The lowest BCUT2D eigenvalue weighted by molar-refractivity contribution is -0.123. The number of unbranched alkanes of at least 4 members (excludes halogenated alkanes) is 2.